The minimum Gasteiger partial charge on any atom is -0.351 e. The fourth-order valence-electron chi connectivity index (χ4n) is 4.50. The van der Waals surface area contributed by atoms with Crippen molar-refractivity contribution >= 4 is 69.4 Å². The van der Waals surface area contributed by atoms with Crippen molar-refractivity contribution in [2.45, 2.75) is 25.9 Å². The molecule has 6 nitrogen and oxygen atoms in total. The predicted molar refractivity (Wildman–Crippen MR) is 159 cm³/mol. The zero-order valence-corrected chi connectivity index (χ0v) is 23.6. The number of pyridine rings is 1. The Kier molecular flexibility index (Phi) is 7.63. The van der Waals surface area contributed by atoms with Crippen LogP contribution >= 0.6 is 47.0 Å². The van der Waals surface area contributed by atoms with E-state index >= 15 is 0 Å². The molecule has 4 aromatic rings. The number of nitrogens with zero attached hydrogens (tertiary/aromatic N) is 3. The second kappa shape index (κ2) is 10.9. The molecule has 2 aromatic heterocycles. The Balaban J connectivity index is 1.61. The van der Waals surface area contributed by atoms with Gasteiger partial charge in [0.05, 0.1) is 33.2 Å². The van der Waals surface area contributed by atoms with Crippen molar-refractivity contribution in [2.24, 2.45) is 5.92 Å². The van der Waals surface area contributed by atoms with Gasteiger partial charge in [-0.2, -0.15) is 0 Å². The van der Waals surface area contributed by atoms with E-state index in [1.165, 1.54) is 0 Å². The lowest BCUT2D eigenvalue weighted by Gasteiger charge is -2.29. The van der Waals surface area contributed by atoms with Crippen molar-refractivity contribution in [3.8, 4) is 5.69 Å². The van der Waals surface area contributed by atoms with Gasteiger partial charge in [-0.15, -0.1) is 0 Å². The van der Waals surface area contributed by atoms with Crippen molar-refractivity contribution in [1.29, 1.82) is 0 Å². The molecule has 0 unspecified atom stereocenters. The van der Waals surface area contributed by atoms with E-state index in [1.807, 2.05) is 84.1 Å². The number of aromatic nitrogens is 2. The number of benzene rings is 2. The molecule has 0 radical (unpaired) electrons. The van der Waals surface area contributed by atoms with E-state index in [9.17, 15) is 4.79 Å². The van der Waals surface area contributed by atoms with E-state index in [4.69, 9.17) is 47.0 Å². The molecule has 38 heavy (non-hydrogen) atoms. The summed E-state index contributed by atoms with van der Waals surface area (Å²) >= 11 is 25.3. The number of nitrogens with one attached hydrogen (secondary N) is 2. The standard InChI is InChI=1S/C28H24Cl3N5OS/c1-16(2)27(37)33-21-10-9-18(15-19(21)30)36-26(25(34-28(36)38)22-6-3-4-12-32-22)24-7-5-13-35(24)23-11-8-17(29)14-20(23)31/h3-16,25-26H,1-2H3,(H,33,37)(H,34,38)/t25-,26-/m0/s1. The predicted octanol–water partition coefficient (Wildman–Crippen LogP) is 7.60. The summed E-state index contributed by atoms with van der Waals surface area (Å²) in [6.07, 6.45) is 3.72. The van der Waals surface area contributed by atoms with Crippen LogP contribution in [0.25, 0.3) is 5.69 Å². The molecule has 2 atom stereocenters. The lowest BCUT2D eigenvalue weighted by molar-refractivity contribution is -0.118. The summed E-state index contributed by atoms with van der Waals surface area (Å²) < 4.78 is 2.03. The van der Waals surface area contributed by atoms with Gasteiger partial charge in [0.1, 0.15) is 6.04 Å². The molecule has 1 fully saturated rings. The van der Waals surface area contributed by atoms with Gasteiger partial charge in [-0.1, -0.05) is 54.7 Å². The Morgan fingerprint density at radius 1 is 1.03 bits per heavy atom. The van der Waals surface area contributed by atoms with Crippen LogP contribution in [0.4, 0.5) is 11.4 Å². The molecule has 0 aliphatic carbocycles. The molecule has 5 rings (SSSR count). The number of amides is 1. The summed E-state index contributed by atoms with van der Waals surface area (Å²) in [5.74, 6) is -0.277. The first-order valence-electron chi connectivity index (χ1n) is 12.0. The molecular formula is C28H24Cl3N5OS. The van der Waals surface area contributed by atoms with Gasteiger partial charge in [-0.25, -0.2) is 0 Å². The topological polar surface area (TPSA) is 62.2 Å². The average molecular weight is 585 g/mol. The molecule has 2 aromatic carbocycles. The summed E-state index contributed by atoms with van der Waals surface area (Å²) in [7, 11) is 0. The Morgan fingerprint density at radius 2 is 1.84 bits per heavy atom. The SMILES string of the molecule is CC(C)C(=O)Nc1ccc(N2C(=S)N[C@@H](c3ccccn3)[C@@H]2c2cccn2-c2ccc(Cl)cc2Cl)cc1Cl. The zero-order chi connectivity index (χ0) is 27.0. The summed E-state index contributed by atoms with van der Waals surface area (Å²) in [6, 6.07) is 20.1. The molecule has 1 saturated heterocycles. The van der Waals surface area contributed by atoms with Crippen LogP contribution in [0.5, 0.6) is 0 Å². The first-order chi connectivity index (χ1) is 18.2. The Labute approximate surface area is 241 Å². The van der Waals surface area contributed by atoms with Gasteiger partial charge < -0.3 is 20.1 Å². The Hall–Kier alpha value is -3.10. The first kappa shape index (κ1) is 26.5. The van der Waals surface area contributed by atoms with Gasteiger partial charge in [0, 0.05) is 34.7 Å². The molecule has 3 heterocycles. The maximum Gasteiger partial charge on any atom is 0.226 e. The van der Waals surface area contributed by atoms with Gasteiger partial charge in [-0.05, 0) is 72.9 Å². The lowest BCUT2D eigenvalue weighted by Crippen LogP contribution is -2.30. The van der Waals surface area contributed by atoms with Crippen LogP contribution in [0.15, 0.2) is 79.1 Å². The number of hydrogen-bond donors (Lipinski definition) is 2. The van der Waals surface area contributed by atoms with Gasteiger partial charge in [-0.3, -0.25) is 9.78 Å². The molecule has 0 bridgehead atoms. The average Bonchev–Trinajstić information content (AvgIpc) is 3.50. The summed E-state index contributed by atoms with van der Waals surface area (Å²) in [4.78, 5) is 18.9. The molecule has 1 aliphatic heterocycles. The maximum absolute atomic E-state index is 12.2. The Morgan fingerprint density at radius 3 is 2.53 bits per heavy atom. The number of carbonyl (C=O) groups is 1. The second-order valence-electron chi connectivity index (χ2n) is 9.20. The van der Waals surface area contributed by atoms with Crippen LogP contribution in [0.3, 0.4) is 0 Å². The first-order valence-corrected chi connectivity index (χ1v) is 13.5. The van der Waals surface area contributed by atoms with Crippen LogP contribution < -0.4 is 15.5 Å². The molecule has 0 spiro atoms. The van der Waals surface area contributed by atoms with Gasteiger partial charge in [0.15, 0.2) is 5.11 Å². The lowest BCUT2D eigenvalue weighted by atomic mass is 10.0. The number of rotatable bonds is 6. The molecule has 1 aliphatic rings. The van der Waals surface area contributed by atoms with Crippen LogP contribution in [-0.4, -0.2) is 20.6 Å². The van der Waals surface area contributed by atoms with Gasteiger partial charge in [0.2, 0.25) is 5.91 Å². The van der Waals surface area contributed by atoms with Crippen LogP contribution in [-0.2, 0) is 4.79 Å². The smallest absolute Gasteiger partial charge is 0.226 e. The van der Waals surface area contributed by atoms with Crippen LogP contribution in [0.1, 0.15) is 37.3 Å². The highest BCUT2D eigenvalue weighted by atomic mass is 35.5. The highest BCUT2D eigenvalue weighted by Gasteiger charge is 2.42. The molecule has 194 valence electrons. The zero-order valence-electron chi connectivity index (χ0n) is 20.5. The van der Waals surface area contributed by atoms with Crippen molar-refractivity contribution in [2.75, 3.05) is 10.2 Å². The molecule has 2 N–H and O–H groups in total. The third-order valence-electron chi connectivity index (χ3n) is 6.36. The summed E-state index contributed by atoms with van der Waals surface area (Å²) in [5.41, 5.74) is 3.88. The number of halogens is 3. The fourth-order valence-corrected chi connectivity index (χ4v) is 5.56. The maximum atomic E-state index is 12.2. The van der Waals surface area contributed by atoms with E-state index in [0.717, 1.165) is 22.8 Å². The minimum atomic E-state index is -0.300. The van der Waals surface area contributed by atoms with Crippen LogP contribution in [0.2, 0.25) is 15.1 Å². The van der Waals surface area contributed by atoms with E-state index < -0.39 is 0 Å². The second-order valence-corrected chi connectivity index (χ2v) is 10.8. The Bertz CT molecular complexity index is 1510. The number of anilines is 2. The van der Waals surface area contributed by atoms with E-state index in [0.29, 0.717) is 25.9 Å². The van der Waals surface area contributed by atoms with Crippen LogP contribution in [0, 0.1) is 5.92 Å². The molecule has 0 saturated carbocycles. The largest absolute Gasteiger partial charge is 0.351 e. The van der Waals surface area contributed by atoms with Crippen molar-refractivity contribution < 1.29 is 4.79 Å². The molecule has 10 heteroatoms. The number of thiocarbonyl (C=S) groups is 1. The molecular weight excluding hydrogens is 561 g/mol. The van der Waals surface area contributed by atoms with E-state index in [-0.39, 0.29) is 23.9 Å². The number of hydrogen-bond acceptors (Lipinski definition) is 3. The summed E-state index contributed by atoms with van der Waals surface area (Å²) in [6.45, 7) is 3.66. The van der Waals surface area contributed by atoms with E-state index in [2.05, 4.69) is 15.6 Å². The van der Waals surface area contributed by atoms with E-state index in [1.54, 1.807) is 18.3 Å². The quantitative estimate of drug-likeness (QED) is 0.229. The van der Waals surface area contributed by atoms with Crippen molar-refractivity contribution in [3.63, 3.8) is 0 Å². The highest BCUT2D eigenvalue weighted by Crippen LogP contribution is 2.44. The minimum absolute atomic E-state index is 0.108. The highest BCUT2D eigenvalue weighted by molar-refractivity contribution is 7.80. The van der Waals surface area contributed by atoms with Gasteiger partial charge in [0.25, 0.3) is 0 Å². The van der Waals surface area contributed by atoms with Crippen molar-refractivity contribution in [3.05, 3.63) is 106 Å². The summed E-state index contributed by atoms with van der Waals surface area (Å²) in [5, 5.41) is 8.35. The monoisotopic (exact) mass is 583 g/mol. The number of carbonyl (C=O) groups excluding carboxylic acids is 1. The van der Waals surface area contributed by atoms with Crippen molar-refractivity contribution in [1.82, 2.24) is 14.9 Å². The normalized spacial score (nSPS) is 17.1. The van der Waals surface area contributed by atoms with Gasteiger partial charge >= 0.3 is 0 Å². The fraction of sp³-hybridized carbons (Fsp3) is 0.179. The molecule has 1 amide bonds. The third-order valence-corrected chi connectivity index (χ3v) is 7.53. The third kappa shape index (κ3) is 5.12.